The van der Waals surface area contributed by atoms with Crippen molar-refractivity contribution >= 4 is 18.3 Å². The third-order valence-electron chi connectivity index (χ3n) is 5.37. The van der Waals surface area contributed by atoms with Gasteiger partial charge in [-0.05, 0) is 24.8 Å². The standard InChI is InChI=1S/C23H26N4O.ClH/c24-21-12-11-19(13-21)23(28)25-14-20-16-27(15-17-7-3-1-4-8-17)26-22(20)18-9-5-2-6-10-18;/h1-10,16,19,21H,11-15,24H2,(H,25,28);1H. The van der Waals surface area contributed by atoms with E-state index in [1.807, 2.05) is 47.3 Å². The fourth-order valence-corrected chi connectivity index (χ4v) is 3.86. The number of hydrogen-bond donors (Lipinski definition) is 2. The zero-order valence-corrected chi connectivity index (χ0v) is 17.1. The SMILES string of the molecule is Cl.NC1CCC(C(=O)NCc2cn(Cc3ccccc3)nc2-c2ccccc2)C1. The van der Waals surface area contributed by atoms with E-state index in [0.717, 1.165) is 36.1 Å². The Morgan fingerprint density at radius 2 is 1.76 bits per heavy atom. The van der Waals surface area contributed by atoms with Crippen LogP contribution in [0.1, 0.15) is 30.4 Å². The lowest BCUT2D eigenvalue weighted by molar-refractivity contribution is -0.125. The molecule has 2 aromatic carbocycles. The molecule has 0 spiro atoms. The summed E-state index contributed by atoms with van der Waals surface area (Å²) in [6.07, 6.45) is 4.63. The van der Waals surface area contributed by atoms with Gasteiger partial charge in [-0.2, -0.15) is 5.10 Å². The van der Waals surface area contributed by atoms with Crippen LogP contribution in [0.15, 0.2) is 66.9 Å². The molecule has 1 amide bonds. The minimum Gasteiger partial charge on any atom is -0.352 e. The maximum atomic E-state index is 12.5. The molecule has 1 fully saturated rings. The van der Waals surface area contributed by atoms with Crippen LogP contribution in [0, 0.1) is 5.92 Å². The van der Waals surface area contributed by atoms with E-state index in [-0.39, 0.29) is 30.3 Å². The summed E-state index contributed by atoms with van der Waals surface area (Å²) in [5, 5.41) is 7.91. The van der Waals surface area contributed by atoms with Gasteiger partial charge in [0.05, 0.1) is 12.2 Å². The molecule has 6 heteroatoms. The summed E-state index contributed by atoms with van der Waals surface area (Å²) in [5.41, 5.74) is 10.1. The van der Waals surface area contributed by atoms with Gasteiger partial charge in [0, 0.05) is 35.8 Å². The number of aromatic nitrogens is 2. The van der Waals surface area contributed by atoms with Crippen molar-refractivity contribution in [3.63, 3.8) is 0 Å². The van der Waals surface area contributed by atoms with Crippen LogP contribution in [-0.4, -0.2) is 21.7 Å². The second-order valence-corrected chi connectivity index (χ2v) is 7.54. The molecule has 1 heterocycles. The van der Waals surface area contributed by atoms with Crippen molar-refractivity contribution < 1.29 is 4.79 Å². The highest BCUT2D eigenvalue weighted by Crippen LogP contribution is 2.25. The number of benzene rings is 2. The summed E-state index contributed by atoms with van der Waals surface area (Å²) in [7, 11) is 0. The van der Waals surface area contributed by atoms with Gasteiger partial charge >= 0.3 is 0 Å². The van der Waals surface area contributed by atoms with Crippen LogP contribution in [0.3, 0.4) is 0 Å². The molecule has 1 aliphatic carbocycles. The van der Waals surface area contributed by atoms with E-state index >= 15 is 0 Å². The van der Waals surface area contributed by atoms with E-state index in [9.17, 15) is 4.79 Å². The molecule has 152 valence electrons. The summed E-state index contributed by atoms with van der Waals surface area (Å²) in [4.78, 5) is 12.5. The maximum Gasteiger partial charge on any atom is 0.223 e. The number of nitrogens with two attached hydrogens (primary N) is 1. The second-order valence-electron chi connectivity index (χ2n) is 7.54. The number of halogens is 1. The monoisotopic (exact) mass is 410 g/mol. The molecular formula is C23H27ClN4O. The predicted octanol–water partition coefficient (Wildman–Crippen LogP) is 3.76. The molecular weight excluding hydrogens is 384 g/mol. The average Bonchev–Trinajstić information content (AvgIpc) is 3.34. The first-order chi connectivity index (χ1) is 13.7. The minimum atomic E-state index is 0. The van der Waals surface area contributed by atoms with Gasteiger partial charge in [0.1, 0.15) is 0 Å². The first-order valence-corrected chi connectivity index (χ1v) is 9.88. The molecule has 0 bridgehead atoms. The number of rotatable bonds is 6. The quantitative estimate of drug-likeness (QED) is 0.649. The number of amides is 1. The lowest BCUT2D eigenvalue weighted by atomic mass is 10.1. The molecule has 3 aromatic rings. The number of nitrogens with one attached hydrogen (secondary N) is 1. The lowest BCUT2D eigenvalue weighted by Gasteiger charge is -2.10. The smallest absolute Gasteiger partial charge is 0.223 e. The van der Waals surface area contributed by atoms with Crippen molar-refractivity contribution in [3.05, 3.63) is 78.0 Å². The van der Waals surface area contributed by atoms with Crippen LogP contribution in [0.2, 0.25) is 0 Å². The third kappa shape index (κ3) is 5.25. The van der Waals surface area contributed by atoms with Crippen molar-refractivity contribution in [1.82, 2.24) is 15.1 Å². The molecule has 2 unspecified atom stereocenters. The predicted molar refractivity (Wildman–Crippen MR) is 118 cm³/mol. The molecule has 1 aromatic heterocycles. The van der Waals surface area contributed by atoms with Gasteiger partial charge in [0.15, 0.2) is 0 Å². The van der Waals surface area contributed by atoms with E-state index in [2.05, 4.69) is 29.6 Å². The Balaban J connectivity index is 0.00000240. The fourth-order valence-electron chi connectivity index (χ4n) is 3.86. The summed E-state index contributed by atoms with van der Waals surface area (Å²) in [5.74, 6) is 0.136. The van der Waals surface area contributed by atoms with Crippen LogP contribution in [-0.2, 0) is 17.9 Å². The first-order valence-electron chi connectivity index (χ1n) is 9.88. The summed E-state index contributed by atoms with van der Waals surface area (Å²) in [6, 6.07) is 20.5. The lowest BCUT2D eigenvalue weighted by Crippen LogP contribution is -2.30. The number of hydrogen-bond acceptors (Lipinski definition) is 3. The van der Waals surface area contributed by atoms with E-state index < -0.39 is 0 Å². The fraction of sp³-hybridized carbons (Fsp3) is 0.304. The highest BCUT2D eigenvalue weighted by Gasteiger charge is 2.27. The van der Waals surface area contributed by atoms with E-state index in [0.29, 0.717) is 13.1 Å². The number of carbonyl (C=O) groups excluding carboxylic acids is 1. The van der Waals surface area contributed by atoms with Gasteiger partial charge in [-0.3, -0.25) is 9.48 Å². The van der Waals surface area contributed by atoms with Crippen LogP contribution in [0.25, 0.3) is 11.3 Å². The van der Waals surface area contributed by atoms with E-state index in [1.165, 1.54) is 5.56 Å². The first kappa shape index (κ1) is 21.1. The molecule has 1 aliphatic rings. The van der Waals surface area contributed by atoms with Crippen molar-refractivity contribution in [3.8, 4) is 11.3 Å². The van der Waals surface area contributed by atoms with Crippen molar-refractivity contribution in [2.45, 2.75) is 38.4 Å². The van der Waals surface area contributed by atoms with Crippen molar-refractivity contribution in [2.75, 3.05) is 0 Å². The topological polar surface area (TPSA) is 72.9 Å². The molecule has 3 N–H and O–H groups in total. The van der Waals surface area contributed by atoms with Gasteiger partial charge in [0.25, 0.3) is 0 Å². The molecule has 29 heavy (non-hydrogen) atoms. The van der Waals surface area contributed by atoms with Gasteiger partial charge in [-0.25, -0.2) is 0 Å². The van der Waals surface area contributed by atoms with Crippen LogP contribution < -0.4 is 11.1 Å². The molecule has 1 saturated carbocycles. The number of carbonyl (C=O) groups is 1. The normalized spacial score (nSPS) is 18.2. The molecule has 4 rings (SSSR count). The molecule has 0 aliphatic heterocycles. The zero-order chi connectivity index (χ0) is 19.3. The van der Waals surface area contributed by atoms with Gasteiger partial charge < -0.3 is 11.1 Å². The Bertz CT molecular complexity index is 927. The third-order valence-corrected chi connectivity index (χ3v) is 5.37. The van der Waals surface area contributed by atoms with Gasteiger partial charge in [-0.1, -0.05) is 60.7 Å². The Labute approximate surface area is 177 Å². The highest BCUT2D eigenvalue weighted by molar-refractivity contribution is 5.85. The molecule has 5 nitrogen and oxygen atoms in total. The molecule has 2 atom stereocenters. The Kier molecular flexibility index (Phi) is 7.07. The highest BCUT2D eigenvalue weighted by atomic mass is 35.5. The molecule has 0 radical (unpaired) electrons. The van der Waals surface area contributed by atoms with E-state index in [4.69, 9.17) is 10.8 Å². The van der Waals surface area contributed by atoms with Crippen LogP contribution in [0.4, 0.5) is 0 Å². The van der Waals surface area contributed by atoms with Gasteiger partial charge in [0.2, 0.25) is 5.91 Å². The average molecular weight is 411 g/mol. The van der Waals surface area contributed by atoms with Crippen LogP contribution in [0.5, 0.6) is 0 Å². The summed E-state index contributed by atoms with van der Waals surface area (Å²) >= 11 is 0. The zero-order valence-electron chi connectivity index (χ0n) is 16.3. The Morgan fingerprint density at radius 1 is 1.07 bits per heavy atom. The Morgan fingerprint density at radius 3 is 2.41 bits per heavy atom. The number of nitrogens with zero attached hydrogens (tertiary/aromatic N) is 2. The molecule has 0 saturated heterocycles. The largest absolute Gasteiger partial charge is 0.352 e. The Hall–Kier alpha value is -2.63. The summed E-state index contributed by atoms with van der Waals surface area (Å²) < 4.78 is 1.95. The van der Waals surface area contributed by atoms with Crippen molar-refractivity contribution in [1.29, 1.82) is 0 Å². The second kappa shape index (κ2) is 9.72. The minimum absolute atomic E-state index is 0. The maximum absolute atomic E-state index is 12.5. The van der Waals surface area contributed by atoms with Crippen LogP contribution >= 0.6 is 12.4 Å². The van der Waals surface area contributed by atoms with Gasteiger partial charge in [-0.15, -0.1) is 12.4 Å². The van der Waals surface area contributed by atoms with E-state index in [1.54, 1.807) is 0 Å². The summed E-state index contributed by atoms with van der Waals surface area (Å²) in [6.45, 7) is 1.18. The van der Waals surface area contributed by atoms with Crippen molar-refractivity contribution in [2.24, 2.45) is 11.7 Å².